The number of para-hydroxylation sites is 1. The molecule has 1 aromatic heterocycles. The SMILES string of the molecule is COc1ccccc1CC(C)NS(=O)(=O)c1ccc(Br)s1. The molecule has 0 radical (unpaired) electrons. The maximum Gasteiger partial charge on any atom is 0.250 e. The minimum Gasteiger partial charge on any atom is -0.496 e. The molecule has 1 N–H and O–H groups in total. The Morgan fingerprint density at radius 3 is 2.62 bits per heavy atom. The zero-order valence-corrected chi connectivity index (χ0v) is 14.9. The van der Waals surface area contributed by atoms with Crippen molar-refractivity contribution in [3.8, 4) is 5.75 Å². The molecule has 4 nitrogen and oxygen atoms in total. The van der Waals surface area contributed by atoms with Gasteiger partial charge in [-0.15, -0.1) is 11.3 Å². The van der Waals surface area contributed by atoms with Crippen molar-refractivity contribution in [2.75, 3.05) is 7.11 Å². The lowest BCUT2D eigenvalue weighted by Crippen LogP contribution is -2.33. The lowest BCUT2D eigenvalue weighted by Gasteiger charge is -2.15. The van der Waals surface area contributed by atoms with Gasteiger partial charge in [0, 0.05) is 6.04 Å². The highest BCUT2D eigenvalue weighted by Crippen LogP contribution is 2.26. The van der Waals surface area contributed by atoms with Crippen molar-refractivity contribution < 1.29 is 13.2 Å². The van der Waals surface area contributed by atoms with Crippen LogP contribution in [-0.4, -0.2) is 21.6 Å². The fourth-order valence-corrected chi connectivity index (χ4v) is 5.28. The van der Waals surface area contributed by atoms with Gasteiger partial charge in [0.1, 0.15) is 9.96 Å². The summed E-state index contributed by atoms with van der Waals surface area (Å²) in [5, 5.41) is 0. The topological polar surface area (TPSA) is 55.4 Å². The second-order valence-electron chi connectivity index (χ2n) is 4.60. The molecule has 0 aliphatic carbocycles. The summed E-state index contributed by atoms with van der Waals surface area (Å²) in [7, 11) is -1.87. The Labute approximate surface area is 137 Å². The Kier molecular flexibility index (Phi) is 5.43. The Bertz CT molecular complexity index is 713. The van der Waals surface area contributed by atoms with E-state index in [0.29, 0.717) is 10.6 Å². The molecular formula is C14H16BrNO3S2. The molecule has 0 saturated carbocycles. The summed E-state index contributed by atoms with van der Waals surface area (Å²) in [4.78, 5) is 0. The van der Waals surface area contributed by atoms with Crippen molar-refractivity contribution in [2.24, 2.45) is 0 Å². The molecule has 114 valence electrons. The van der Waals surface area contributed by atoms with E-state index in [0.717, 1.165) is 15.1 Å². The molecular weight excluding hydrogens is 374 g/mol. The fourth-order valence-electron chi connectivity index (χ4n) is 2.01. The van der Waals surface area contributed by atoms with Crippen LogP contribution in [0.1, 0.15) is 12.5 Å². The maximum atomic E-state index is 12.2. The molecule has 0 bridgehead atoms. The number of ether oxygens (including phenoxy) is 1. The Balaban J connectivity index is 2.09. The zero-order valence-electron chi connectivity index (χ0n) is 11.7. The number of benzene rings is 1. The summed E-state index contributed by atoms with van der Waals surface area (Å²) in [6.45, 7) is 1.84. The molecule has 1 atom stereocenters. The van der Waals surface area contributed by atoms with Crippen molar-refractivity contribution in [3.63, 3.8) is 0 Å². The van der Waals surface area contributed by atoms with Gasteiger partial charge in [-0.1, -0.05) is 18.2 Å². The van der Waals surface area contributed by atoms with E-state index in [1.165, 1.54) is 11.3 Å². The molecule has 2 aromatic rings. The minimum absolute atomic E-state index is 0.229. The molecule has 0 amide bonds. The summed E-state index contributed by atoms with van der Waals surface area (Å²) in [5.41, 5.74) is 0.975. The zero-order chi connectivity index (χ0) is 15.5. The molecule has 21 heavy (non-hydrogen) atoms. The van der Waals surface area contributed by atoms with Crippen molar-refractivity contribution in [1.82, 2.24) is 4.72 Å². The van der Waals surface area contributed by atoms with Crippen molar-refractivity contribution >= 4 is 37.3 Å². The van der Waals surface area contributed by atoms with E-state index in [2.05, 4.69) is 20.7 Å². The molecule has 1 aromatic carbocycles. The summed E-state index contributed by atoms with van der Waals surface area (Å²) < 4.78 is 33.6. The minimum atomic E-state index is -3.48. The van der Waals surface area contributed by atoms with Crippen LogP contribution >= 0.6 is 27.3 Å². The monoisotopic (exact) mass is 389 g/mol. The van der Waals surface area contributed by atoms with Gasteiger partial charge < -0.3 is 4.74 Å². The number of thiophene rings is 1. The molecule has 0 spiro atoms. The summed E-state index contributed by atoms with van der Waals surface area (Å²) in [5.74, 6) is 0.766. The molecule has 0 aliphatic heterocycles. The van der Waals surface area contributed by atoms with Crippen LogP contribution in [0.2, 0.25) is 0 Å². The van der Waals surface area contributed by atoms with Gasteiger partial charge in [-0.05, 0) is 53.0 Å². The second-order valence-corrected chi connectivity index (χ2v) is 9.00. The molecule has 1 unspecified atom stereocenters. The van der Waals surface area contributed by atoms with E-state index in [9.17, 15) is 8.42 Å². The van der Waals surface area contributed by atoms with E-state index >= 15 is 0 Å². The van der Waals surface area contributed by atoms with Crippen LogP contribution < -0.4 is 9.46 Å². The Morgan fingerprint density at radius 1 is 1.29 bits per heavy atom. The van der Waals surface area contributed by atoms with Crippen molar-refractivity contribution in [2.45, 2.75) is 23.6 Å². The van der Waals surface area contributed by atoms with E-state index in [-0.39, 0.29) is 6.04 Å². The third kappa shape index (κ3) is 4.29. The maximum absolute atomic E-state index is 12.2. The number of hydrogen-bond donors (Lipinski definition) is 1. The highest BCUT2D eigenvalue weighted by atomic mass is 79.9. The predicted octanol–water partition coefficient (Wildman–Crippen LogP) is 3.43. The quantitative estimate of drug-likeness (QED) is 0.822. The van der Waals surface area contributed by atoms with Gasteiger partial charge in [0.25, 0.3) is 0 Å². The average Bonchev–Trinajstić information content (AvgIpc) is 2.86. The fraction of sp³-hybridized carbons (Fsp3) is 0.286. The first-order chi connectivity index (χ1) is 9.92. The normalized spacial score (nSPS) is 13.1. The van der Waals surface area contributed by atoms with Crippen LogP contribution in [0.4, 0.5) is 0 Å². The van der Waals surface area contributed by atoms with Gasteiger partial charge in [0.2, 0.25) is 10.0 Å². The average molecular weight is 390 g/mol. The number of hydrogen-bond acceptors (Lipinski definition) is 4. The van der Waals surface area contributed by atoms with Crippen LogP contribution in [0.25, 0.3) is 0 Å². The molecule has 1 heterocycles. The van der Waals surface area contributed by atoms with Crippen LogP contribution in [0.3, 0.4) is 0 Å². The Morgan fingerprint density at radius 2 is 2.00 bits per heavy atom. The first-order valence-electron chi connectivity index (χ1n) is 6.32. The third-order valence-electron chi connectivity index (χ3n) is 2.89. The van der Waals surface area contributed by atoms with Crippen LogP contribution in [-0.2, 0) is 16.4 Å². The smallest absolute Gasteiger partial charge is 0.250 e. The molecule has 0 aliphatic rings. The third-order valence-corrected chi connectivity index (χ3v) is 6.59. The largest absolute Gasteiger partial charge is 0.496 e. The van der Waals surface area contributed by atoms with Gasteiger partial charge in [-0.2, -0.15) is 0 Å². The van der Waals surface area contributed by atoms with Gasteiger partial charge in [-0.3, -0.25) is 0 Å². The highest BCUT2D eigenvalue weighted by molar-refractivity contribution is 9.11. The van der Waals surface area contributed by atoms with E-state index in [1.807, 2.05) is 31.2 Å². The van der Waals surface area contributed by atoms with Crippen molar-refractivity contribution in [3.05, 3.63) is 45.7 Å². The van der Waals surface area contributed by atoms with Gasteiger partial charge in [0.05, 0.1) is 10.9 Å². The summed E-state index contributed by atoms with van der Waals surface area (Å²) >= 11 is 4.47. The lowest BCUT2D eigenvalue weighted by atomic mass is 10.1. The predicted molar refractivity (Wildman–Crippen MR) is 88.5 cm³/mol. The van der Waals surface area contributed by atoms with Crippen LogP contribution in [0, 0.1) is 0 Å². The first kappa shape index (κ1) is 16.5. The molecule has 0 saturated heterocycles. The summed E-state index contributed by atoms with van der Waals surface area (Å²) in [6.07, 6.45) is 0.565. The van der Waals surface area contributed by atoms with Crippen molar-refractivity contribution in [1.29, 1.82) is 0 Å². The number of rotatable bonds is 6. The number of halogens is 1. The lowest BCUT2D eigenvalue weighted by molar-refractivity contribution is 0.407. The number of sulfonamides is 1. The molecule has 2 rings (SSSR count). The molecule has 0 fully saturated rings. The van der Waals surface area contributed by atoms with Crippen LogP contribution in [0.5, 0.6) is 5.75 Å². The standard InChI is InChI=1S/C14H16BrNO3S2/c1-10(9-11-5-3-4-6-12(11)19-2)16-21(17,18)14-8-7-13(15)20-14/h3-8,10,16H,9H2,1-2H3. The second kappa shape index (κ2) is 6.91. The van der Waals surface area contributed by atoms with E-state index in [1.54, 1.807) is 19.2 Å². The molecule has 7 heteroatoms. The number of nitrogens with one attached hydrogen (secondary N) is 1. The highest BCUT2D eigenvalue weighted by Gasteiger charge is 2.20. The number of methoxy groups -OCH3 is 1. The van der Waals surface area contributed by atoms with E-state index < -0.39 is 10.0 Å². The van der Waals surface area contributed by atoms with Crippen LogP contribution in [0.15, 0.2) is 44.4 Å². The van der Waals surface area contributed by atoms with Gasteiger partial charge in [0.15, 0.2) is 0 Å². The van der Waals surface area contributed by atoms with Gasteiger partial charge in [-0.25, -0.2) is 13.1 Å². The van der Waals surface area contributed by atoms with Gasteiger partial charge >= 0.3 is 0 Å². The Hall–Kier alpha value is -0.890. The first-order valence-corrected chi connectivity index (χ1v) is 9.41. The summed E-state index contributed by atoms with van der Waals surface area (Å²) in [6, 6.07) is 10.7. The van der Waals surface area contributed by atoms with E-state index in [4.69, 9.17) is 4.74 Å².